The summed E-state index contributed by atoms with van der Waals surface area (Å²) in [7, 11) is 0. The van der Waals surface area contributed by atoms with Crippen LogP contribution in [0.4, 0.5) is 0 Å². The van der Waals surface area contributed by atoms with Crippen molar-refractivity contribution in [1.29, 1.82) is 0 Å². The second kappa shape index (κ2) is 12.0. The second-order valence-corrected chi connectivity index (χ2v) is 8.40. The molecule has 1 aromatic heterocycles. The van der Waals surface area contributed by atoms with Gasteiger partial charge in [0.15, 0.2) is 0 Å². The van der Waals surface area contributed by atoms with Gasteiger partial charge in [-0.25, -0.2) is 10.2 Å². The van der Waals surface area contributed by atoms with Gasteiger partial charge in [-0.3, -0.25) is 9.59 Å². The molecular weight excluding hydrogens is 474 g/mol. The molecule has 0 saturated heterocycles. The number of thiophene rings is 1. The summed E-state index contributed by atoms with van der Waals surface area (Å²) in [5.74, 6) is -1.04. The number of hydrogen-bond acceptors (Lipinski definition) is 6. The molecule has 0 radical (unpaired) electrons. The lowest BCUT2D eigenvalue weighted by molar-refractivity contribution is -0.117. The van der Waals surface area contributed by atoms with E-state index in [-0.39, 0.29) is 5.70 Å². The van der Waals surface area contributed by atoms with E-state index in [1.807, 2.05) is 23.6 Å². The van der Waals surface area contributed by atoms with Crippen LogP contribution >= 0.6 is 11.3 Å². The standard InChI is InChI=1S/C28H21N3O4S/c32-26(21-8-3-1-4-9-21)30-25(18-24-12-7-17-36-24)27(33)31-29-19-20-13-15-23(16-14-20)35-28(34)22-10-5-2-6-11-22/h1-19H,(H,30,32)(H,31,33)/b25-18-,29-19+. The normalized spacial score (nSPS) is 11.2. The maximum Gasteiger partial charge on any atom is 0.343 e. The zero-order valence-corrected chi connectivity index (χ0v) is 19.8. The van der Waals surface area contributed by atoms with Crippen LogP contribution in [0.15, 0.2) is 113 Å². The van der Waals surface area contributed by atoms with Crippen molar-refractivity contribution in [2.45, 2.75) is 0 Å². The third-order valence-corrected chi connectivity index (χ3v) is 5.66. The minimum atomic E-state index is -0.572. The fraction of sp³-hybridized carbons (Fsp3) is 0. The summed E-state index contributed by atoms with van der Waals surface area (Å²) in [5, 5.41) is 8.52. The van der Waals surface area contributed by atoms with Crippen LogP contribution in [-0.4, -0.2) is 24.0 Å². The monoisotopic (exact) mass is 495 g/mol. The first-order chi connectivity index (χ1) is 17.6. The number of hydrogen-bond donors (Lipinski definition) is 2. The maximum atomic E-state index is 12.8. The number of hydrazone groups is 1. The molecule has 0 saturated carbocycles. The van der Waals surface area contributed by atoms with E-state index in [0.717, 1.165) is 4.88 Å². The van der Waals surface area contributed by atoms with Gasteiger partial charge in [0.1, 0.15) is 11.4 Å². The Morgan fingerprint density at radius 3 is 2.08 bits per heavy atom. The minimum Gasteiger partial charge on any atom is -0.423 e. The van der Waals surface area contributed by atoms with Gasteiger partial charge in [0.25, 0.3) is 11.8 Å². The lowest BCUT2D eigenvalue weighted by Crippen LogP contribution is -2.32. The summed E-state index contributed by atoms with van der Waals surface area (Å²) >= 11 is 1.43. The molecule has 2 amide bonds. The van der Waals surface area contributed by atoms with Gasteiger partial charge < -0.3 is 10.1 Å². The molecule has 0 aliphatic heterocycles. The van der Waals surface area contributed by atoms with Crippen molar-refractivity contribution < 1.29 is 19.1 Å². The first-order valence-electron chi connectivity index (χ1n) is 10.9. The van der Waals surface area contributed by atoms with Crippen molar-refractivity contribution in [2.24, 2.45) is 5.10 Å². The zero-order valence-electron chi connectivity index (χ0n) is 19.0. The van der Waals surface area contributed by atoms with Crippen LogP contribution in [0, 0.1) is 0 Å². The molecular formula is C28H21N3O4S. The summed E-state index contributed by atoms with van der Waals surface area (Å²) in [4.78, 5) is 38.3. The van der Waals surface area contributed by atoms with E-state index < -0.39 is 17.8 Å². The Morgan fingerprint density at radius 2 is 1.44 bits per heavy atom. The van der Waals surface area contributed by atoms with Gasteiger partial charge in [-0.15, -0.1) is 11.3 Å². The number of rotatable bonds is 8. The smallest absolute Gasteiger partial charge is 0.343 e. The highest BCUT2D eigenvalue weighted by atomic mass is 32.1. The predicted octanol–water partition coefficient (Wildman–Crippen LogP) is 4.89. The lowest BCUT2D eigenvalue weighted by Gasteiger charge is -2.08. The summed E-state index contributed by atoms with van der Waals surface area (Å²) in [6.07, 6.45) is 3.04. The zero-order chi connectivity index (χ0) is 25.2. The SMILES string of the molecule is O=C(N/N=C/c1ccc(OC(=O)c2ccccc2)cc1)/C(=C/c1cccs1)NC(=O)c1ccccc1. The van der Waals surface area contributed by atoms with Crippen LogP contribution in [-0.2, 0) is 4.79 Å². The van der Waals surface area contributed by atoms with Crippen molar-refractivity contribution in [3.8, 4) is 5.75 Å². The molecule has 36 heavy (non-hydrogen) atoms. The maximum absolute atomic E-state index is 12.8. The number of nitrogens with one attached hydrogen (secondary N) is 2. The molecule has 1 heterocycles. The topological polar surface area (TPSA) is 96.9 Å². The average Bonchev–Trinajstić information content (AvgIpc) is 3.43. The fourth-order valence-corrected chi connectivity index (χ4v) is 3.70. The highest BCUT2D eigenvalue weighted by Crippen LogP contribution is 2.15. The van der Waals surface area contributed by atoms with E-state index in [9.17, 15) is 14.4 Å². The Kier molecular flexibility index (Phi) is 8.14. The molecule has 0 fully saturated rings. The van der Waals surface area contributed by atoms with E-state index >= 15 is 0 Å². The van der Waals surface area contributed by atoms with Gasteiger partial charge in [-0.1, -0.05) is 42.5 Å². The third kappa shape index (κ3) is 6.85. The van der Waals surface area contributed by atoms with Crippen molar-refractivity contribution in [1.82, 2.24) is 10.7 Å². The Bertz CT molecular complexity index is 1380. The molecule has 8 heteroatoms. The summed E-state index contributed by atoms with van der Waals surface area (Å²) < 4.78 is 5.35. The molecule has 0 aliphatic carbocycles. The molecule has 0 unspecified atom stereocenters. The Labute approximate surface area is 211 Å². The second-order valence-electron chi connectivity index (χ2n) is 7.42. The Morgan fingerprint density at radius 1 is 0.778 bits per heavy atom. The lowest BCUT2D eigenvalue weighted by atomic mass is 10.2. The molecule has 3 aromatic carbocycles. The molecule has 2 N–H and O–H groups in total. The van der Waals surface area contributed by atoms with Crippen LogP contribution in [0.1, 0.15) is 31.2 Å². The van der Waals surface area contributed by atoms with E-state index in [1.165, 1.54) is 17.6 Å². The van der Waals surface area contributed by atoms with Crippen molar-refractivity contribution in [3.05, 3.63) is 130 Å². The van der Waals surface area contributed by atoms with Crippen LogP contribution in [0.3, 0.4) is 0 Å². The van der Waals surface area contributed by atoms with Gasteiger partial charge >= 0.3 is 5.97 Å². The molecule has 4 rings (SSSR count). The summed E-state index contributed by atoms with van der Waals surface area (Å²) in [5.41, 5.74) is 4.06. The number of nitrogens with zero attached hydrogens (tertiary/aromatic N) is 1. The number of esters is 1. The number of amides is 2. The van der Waals surface area contributed by atoms with Gasteiger partial charge in [-0.05, 0) is 71.6 Å². The van der Waals surface area contributed by atoms with Gasteiger partial charge in [-0.2, -0.15) is 5.10 Å². The number of carbonyl (C=O) groups excluding carboxylic acids is 3. The molecule has 0 bridgehead atoms. The fourth-order valence-electron chi connectivity index (χ4n) is 3.05. The minimum absolute atomic E-state index is 0.0617. The number of ether oxygens (including phenoxy) is 1. The molecule has 7 nitrogen and oxygen atoms in total. The predicted molar refractivity (Wildman–Crippen MR) is 140 cm³/mol. The Balaban J connectivity index is 1.38. The number of benzene rings is 3. The quantitative estimate of drug-likeness (QED) is 0.120. The molecule has 0 aliphatic rings. The van der Waals surface area contributed by atoms with Crippen LogP contribution < -0.4 is 15.5 Å². The van der Waals surface area contributed by atoms with E-state index in [2.05, 4.69) is 15.8 Å². The highest BCUT2D eigenvalue weighted by Gasteiger charge is 2.14. The van der Waals surface area contributed by atoms with Crippen LogP contribution in [0.2, 0.25) is 0 Å². The molecule has 0 atom stereocenters. The van der Waals surface area contributed by atoms with E-state index in [4.69, 9.17) is 4.74 Å². The average molecular weight is 496 g/mol. The number of carbonyl (C=O) groups is 3. The van der Waals surface area contributed by atoms with Crippen molar-refractivity contribution >= 4 is 41.4 Å². The Hall–Kier alpha value is -4.82. The van der Waals surface area contributed by atoms with Crippen LogP contribution in [0.25, 0.3) is 6.08 Å². The van der Waals surface area contributed by atoms with E-state index in [0.29, 0.717) is 22.4 Å². The van der Waals surface area contributed by atoms with E-state index in [1.54, 1.807) is 84.9 Å². The molecule has 4 aromatic rings. The first kappa shape index (κ1) is 24.3. The summed E-state index contributed by atoms with van der Waals surface area (Å²) in [6.45, 7) is 0. The van der Waals surface area contributed by atoms with Crippen molar-refractivity contribution in [2.75, 3.05) is 0 Å². The van der Waals surface area contributed by atoms with Crippen molar-refractivity contribution in [3.63, 3.8) is 0 Å². The van der Waals surface area contributed by atoms with Gasteiger partial charge in [0.05, 0.1) is 11.8 Å². The highest BCUT2D eigenvalue weighted by molar-refractivity contribution is 7.10. The first-order valence-corrected chi connectivity index (χ1v) is 11.8. The third-order valence-electron chi connectivity index (χ3n) is 4.84. The van der Waals surface area contributed by atoms with Gasteiger partial charge in [0, 0.05) is 10.4 Å². The molecule has 178 valence electrons. The van der Waals surface area contributed by atoms with Gasteiger partial charge in [0.2, 0.25) is 0 Å². The largest absolute Gasteiger partial charge is 0.423 e. The van der Waals surface area contributed by atoms with Crippen LogP contribution in [0.5, 0.6) is 5.75 Å². The molecule has 0 spiro atoms. The summed E-state index contributed by atoms with van der Waals surface area (Å²) in [6, 6.07) is 27.7.